The van der Waals surface area contributed by atoms with Crippen LogP contribution in [0, 0.1) is 0 Å². The predicted octanol–water partition coefficient (Wildman–Crippen LogP) is 1.16. The first-order chi connectivity index (χ1) is 9.33. The van der Waals surface area contributed by atoms with Crippen molar-refractivity contribution in [2.24, 2.45) is 0 Å². The lowest BCUT2D eigenvalue weighted by Crippen LogP contribution is -2.11. The molecule has 0 heterocycles. The van der Waals surface area contributed by atoms with E-state index in [1.807, 2.05) is 12.2 Å². The van der Waals surface area contributed by atoms with Crippen molar-refractivity contribution in [1.29, 1.82) is 0 Å². The summed E-state index contributed by atoms with van der Waals surface area (Å²) in [6.45, 7) is 9.86. The molecule has 0 saturated carbocycles. The van der Waals surface area contributed by atoms with Crippen LogP contribution >= 0.6 is 0 Å². The average molecular weight is 276 g/mol. The number of hydrogen-bond acceptors (Lipinski definition) is 5. The Morgan fingerprint density at radius 1 is 0.632 bits per heavy atom. The summed E-state index contributed by atoms with van der Waals surface area (Å²) in [6.07, 6.45) is 5.90. The molecule has 0 amide bonds. The molecule has 0 unspecified atom stereocenters. The van der Waals surface area contributed by atoms with E-state index in [1.165, 1.54) is 0 Å². The third kappa shape index (κ3) is 26.8. The van der Waals surface area contributed by atoms with Gasteiger partial charge in [-0.05, 0) is 12.8 Å². The maximum absolute atomic E-state index is 8.36. The van der Waals surface area contributed by atoms with Crippen molar-refractivity contribution in [3.8, 4) is 0 Å². The largest absolute Gasteiger partial charge is 0.394 e. The van der Waals surface area contributed by atoms with Gasteiger partial charge in [-0.3, -0.25) is 0 Å². The average Bonchev–Trinajstić information content (AvgIpc) is 2.44. The maximum atomic E-state index is 8.36. The van der Waals surface area contributed by atoms with Crippen LogP contribution in [-0.4, -0.2) is 63.1 Å². The molecule has 0 aromatic carbocycles. The first kappa shape index (κ1) is 20.6. The van der Waals surface area contributed by atoms with Gasteiger partial charge in [-0.25, -0.2) is 0 Å². The molecule has 0 aliphatic heterocycles. The summed E-state index contributed by atoms with van der Waals surface area (Å²) in [5, 5.41) is 16.7. The van der Waals surface area contributed by atoms with Crippen molar-refractivity contribution < 1.29 is 24.4 Å². The lowest BCUT2D eigenvalue weighted by molar-refractivity contribution is 0.00230. The lowest BCUT2D eigenvalue weighted by Gasteiger charge is -2.04. The van der Waals surface area contributed by atoms with Gasteiger partial charge < -0.3 is 24.4 Å². The third-order valence-corrected chi connectivity index (χ3v) is 1.79. The van der Waals surface area contributed by atoms with Gasteiger partial charge in [0.1, 0.15) is 0 Å². The smallest absolute Gasteiger partial charge is 0.0701 e. The van der Waals surface area contributed by atoms with E-state index in [0.717, 1.165) is 12.8 Å². The van der Waals surface area contributed by atoms with Gasteiger partial charge in [-0.2, -0.15) is 0 Å². The van der Waals surface area contributed by atoms with E-state index in [1.54, 1.807) is 0 Å². The first-order valence-corrected chi connectivity index (χ1v) is 6.50. The fraction of sp³-hybridized carbons (Fsp3) is 0.714. The van der Waals surface area contributed by atoms with Crippen LogP contribution in [0.1, 0.15) is 12.8 Å². The SMILES string of the molecule is C=CCCC=C.OCCOCCOCCOCCO. The highest BCUT2D eigenvalue weighted by atomic mass is 16.5. The van der Waals surface area contributed by atoms with Crippen molar-refractivity contribution in [1.82, 2.24) is 0 Å². The third-order valence-electron chi connectivity index (χ3n) is 1.79. The zero-order valence-electron chi connectivity index (χ0n) is 11.8. The zero-order chi connectivity index (χ0) is 14.6. The highest BCUT2D eigenvalue weighted by molar-refractivity contribution is 4.74. The summed E-state index contributed by atoms with van der Waals surface area (Å²) >= 11 is 0. The normalized spacial score (nSPS) is 9.58. The van der Waals surface area contributed by atoms with Crippen LogP contribution in [0.3, 0.4) is 0 Å². The minimum absolute atomic E-state index is 0.0413. The lowest BCUT2D eigenvalue weighted by atomic mass is 10.3. The number of ether oxygens (including phenoxy) is 3. The molecule has 0 bridgehead atoms. The predicted molar refractivity (Wildman–Crippen MR) is 76.3 cm³/mol. The standard InChI is InChI=1S/C8H18O5.C6H10/c9-1-3-11-5-7-13-8-6-12-4-2-10;1-3-5-6-4-2/h9-10H,1-8H2;3-4H,1-2,5-6H2. The van der Waals surface area contributed by atoms with Gasteiger partial charge in [-0.1, -0.05) is 12.2 Å². The summed E-state index contributed by atoms with van der Waals surface area (Å²) in [7, 11) is 0. The van der Waals surface area contributed by atoms with Crippen LogP contribution in [0.25, 0.3) is 0 Å². The topological polar surface area (TPSA) is 68.2 Å². The zero-order valence-corrected chi connectivity index (χ0v) is 11.8. The van der Waals surface area contributed by atoms with Crippen molar-refractivity contribution in [2.75, 3.05) is 52.9 Å². The molecule has 5 nitrogen and oxygen atoms in total. The second-order valence-corrected chi connectivity index (χ2v) is 3.44. The molecule has 0 aromatic heterocycles. The summed E-state index contributed by atoms with van der Waals surface area (Å²) in [6, 6.07) is 0. The van der Waals surface area contributed by atoms with E-state index in [-0.39, 0.29) is 13.2 Å². The number of aliphatic hydroxyl groups excluding tert-OH is 2. The highest BCUT2D eigenvalue weighted by Crippen LogP contribution is 1.86. The van der Waals surface area contributed by atoms with E-state index in [4.69, 9.17) is 24.4 Å². The monoisotopic (exact) mass is 276 g/mol. The van der Waals surface area contributed by atoms with Crippen molar-refractivity contribution in [2.45, 2.75) is 12.8 Å². The van der Waals surface area contributed by atoms with E-state index in [9.17, 15) is 0 Å². The van der Waals surface area contributed by atoms with Crippen LogP contribution < -0.4 is 0 Å². The van der Waals surface area contributed by atoms with E-state index in [0.29, 0.717) is 39.6 Å². The minimum atomic E-state index is 0.0413. The fourth-order valence-electron chi connectivity index (χ4n) is 0.907. The molecule has 0 fully saturated rings. The molecule has 19 heavy (non-hydrogen) atoms. The van der Waals surface area contributed by atoms with Crippen LogP contribution in [0.15, 0.2) is 25.3 Å². The molecule has 114 valence electrons. The molecule has 0 aromatic rings. The molecule has 0 radical (unpaired) electrons. The Kier molecular flexibility index (Phi) is 24.3. The Morgan fingerprint density at radius 3 is 1.21 bits per heavy atom. The summed E-state index contributed by atoms with van der Waals surface area (Å²) in [5.74, 6) is 0. The maximum Gasteiger partial charge on any atom is 0.0701 e. The highest BCUT2D eigenvalue weighted by Gasteiger charge is 1.89. The summed E-state index contributed by atoms with van der Waals surface area (Å²) < 4.78 is 15.0. The van der Waals surface area contributed by atoms with Crippen LogP contribution in [0.4, 0.5) is 0 Å². The molecule has 5 heteroatoms. The molecular weight excluding hydrogens is 248 g/mol. The molecule has 0 rings (SSSR count). The fourth-order valence-corrected chi connectivity index (χ4v) is 0.907. The van der Waals surface area contributed by atoms with Crippen molar-refractivity contribution >= 4 is 0 Å². The number of allylic oxidation sites excluding steroid dienone is 2. The van der Waals surface area contributed by atoms with Gasteiger partial charge in [0, 0.05) is 0 Å². The summed E-state index contributed by atoms with van der Waals surface area (Å²) in [4.78, 5) is 0. The number of aliphatic hydroxyl groups is 2. The van der Waals surface area contributed by atoms with Gasteiger partial charge in [-0.15, -0.1) is 13.2 Å². The quantitative estimate of drug-likeness (QED) is 0.390. The summed E-state index contributed by atoms with van der Waals surface area (Å²) in [5.41, 5.74) is 0. The molecule has 0 atom stereocenters. The number of unbranched alkanes of at least 4 members (excludes halogenated alkanes) is 1. The van der Waals surface area contributed by atoms with Crippen LogP contribution in [0.5, 0.6) is 0 Å². The minimum Gasteiger partial charge on any atom is -0.394 e. The van der Waals surface area contributed by atoms with Gasteiger partial charge >= 0.3 is 0 Å². The number of hydrogen-bond donors (Lipinski definition) is 2. The van der Waals surface area contributed by atoms with Gasteiger partial charge in [0.15, 0.2) is 0 Å². The molecule has 0 spiro atoms. The van der Waals surface area contributed by atoms with Gasteiger partial charge in [0.2, 0.25) is 0 Å². The molecule has 2 N–H and O–H groups in total. The molecule has 0 aliphatic rings. The van der Waals surface area contributed by atoms with Crippen LogP contribution in [0.2, 0.25) is 0 Å². The molecule has 0 saturated heterocycles. The van der Waals surface area contributed by atoms with Gasteiger partial charge in [0.25, 0.3) is 0 Å². The first-order valence-electron chi connectivity index (χ1n) is 6.50. The van der Waals surface area contributed by atoms with Crippen molar-refractivity contribution in [3.05, 3.63) is 25.3 Å². The van der Waals surface area contributed by atoms with Crippen molar-refractivity contribution in [3.63, 3.8) is 0 Å². The second kappa shape index (κ2) is 22.5. The number of rotatable bonds is 13. The Morgan fingerprint density at radius 2 is 0.947 bits per heavy atom. The van der Waals surface area contributed by atoms with E-state index < -0.39 is 0 Å². The Balaban J connectivity index is 0. The van der Waals surface area contributed by atoms with E-state index >= 15 is 0 Å². The van der Waals surface area contributed by atoms with E-state index in [2.05, 4.69) is 13.2 Å². The Hall–Kier alpha value is -0.720. The van der Waals surface area contributed by atoms with Gasteiger partial charge in [0.05, 0.1) is 52.9 Å². The molecule has 0 aliphatic carbocycles. The van der Waals surface area contributed by atoms with Crippen LogP contribution in [-0.2, 0) is 14.2 Å². The Bertz CT molecular complexity index is 155. The second-order valence-electron chi connectivity index (χ2n) is 3.44. The Labute approximate surface area is 116 Å². The molecular formula is C14H28O5.